The highest BCUT2D eigenvalue weighted by Gasteiger charge is 2.24. The third-order valence-electron chi connectivity index (χ3n) is 5.81. The lowest BCUT2D eigenvalue weighted by Crippen LogP contribution is -2.48. The number of hydrogen-bond acceptors (Lipinski definition) is 6. The van der Waals surface area contributed by atoms with Crippen molar-refractivity contribution in [3.63, 3.8) is 0 Å². The molecule has 0 atom stereocenters. The van der Waals surface area contributed by atoms with Crippen LogP contribution in [0.2, 0.25) is 10.0 Å². The summed E-state index contributed by atoms with van der Waals surface area (Å²) in [5.74, 6) is -0.292. The average molecular weight is 576 g/mol. The summed E-state index contributed by atoms with van der Waals surface area (Å²) >= 11 is 21.1. The van der Waals surface area contributed by atoms with Crippen molar-refractivity contribution in [2.75, 3.05) is 36.4 Å². The van der Waals surface area contributed by atoms with Gasteiger partial charge in [0.25, 0.3) is 11.8 Å². The Hall–Kier alpha value is -2.69. The van der Waals surface area contributed by atoms with E-state index in [2.05, 4.69) is 15.5 Å². The molecule has 6 nitrogen and oxygen atoms in total. The first-order valence-electron chi connectivity index (χ1n) is 11.1. The third kappa shape index (κ3) is 5.21. The zero-order valence-electron chi connectivity index (χ0n) is 18.8. The van der Waals surface area contributed by atoms with Gasteiger partial charge in [-0.05, 0) is 47.9 Å². The van der Waals surface area contributed by atoms with Gasteiger partial charge in [-0.2, -0.15) is 0 Å². The maximum atomic E-state index is 12.7. The third-order valence-corrected chi connectivity index (χ3v) is 8.85. The molecule has 0 saturated carbocycles. The van der Waals surface area contributed by atoms with E-state index in [4.69, 9.17) is 35.4 Å². The first kappa shape index (κ1) is 25.0. The summed E-state index contributed by atoms with van der Waals surface area (Å²) in [7, 11) is 0. The monoisotopic (exact) mass is 574 g/mol. The number of thiophene rings is 2. The van der Waals surface area contributed by atoms with E-state index in [-0.39, 0.29) is 16.9 Å². The van der Waals surface area contributed by atoms with Crippen molar-refractivity contribution in [2.45, 2.75) is 0 Å². The van der Waals surface area contributed by atoms with Crippen LogP contribution in [0.5, 0.6) is 0 Å². The molecular formula is C25H20Cl2N4O2S3. The minimum atomic E-state index is -0.364. The van der Waals surface area contributed by atoms with Crippen LogP contribution in [0.15, 0.2) is 60.0 Å². The summed E-state index contributed by atoms with van der Waals surface area (Å²) in [6.07, 6.45) is 0. The zero-order chi connectivity index (χ0) is 25.2. The van der Waals surface area contributed by atoms with Crippen LogP contribution in [0.4, 0.5) is 11.4 Å². The number of carbonyl (C=O) groups is 2. The number of nitrogens with zero attached hydrogens (tertiary/aromatic N) is 2. The molecule has 0 radical (unpaired) electrons. The molecule has 5 rings (SSSR count). The lowest BCUT2D eigenvalue weighted by molar-refractivity contribution is 0.0751. The Labute approximate surface area is 231 Å². The first-order valence-corrected chi connectivity index (χ1v) is 13.9. The number of benzene rings is 2. The van der Waals surface area contributed by atoms with Gasteiger partial charge in [0.15, 0.2) is 5.11 Å². The number of thiocarbonyl (C=S) groups is 1. The van der Waals surface area contributed by atoms with E-state index in [1.807, 2.05) is 58.8 Å². The molecule has 184 valence electrons. The number of fused-ring (bicyclic) bond motifs is 1. The second-order valence-corrected chi connectivity index (χ2v) is 11.3. The highest BCUT2D eigenvalue weighted by molar-refractivity contribution is 7.80. The fourth-order valence-electron chi connectivity index (χ4n) is 4.03. The molecule has 2 N–H and O–H groups in total. The number of hydrogen-bond donors (Lipinski definition) is 2. The molecule has 2 amide bonds. The van der Waals surface area contributed by atoms with E-state index in [0.717, 1.165) is 20.7 Å². The fourth-order valence-corrected chi connectivity index (χ4v) is 6.64. The van der Waals surface area contributed by atoms with Gasteiger partial charge in [-0.25, -0.2) is 0 Å². The van der Waals surface area contributed by atoms with Crippen LogP contribution in [0.1, 0.15) is 19.3 Å². The Morgan fingerprint density at radius 3 is 2.44 bits per heavy atom. The molecule has 1 saturated heterocycles. The van der Waals surface area contributed by atoms with E-state index >= 15 is 0 Å². The fraction of sp³-hybridized carbons (Fsp3) is 0.160. The van der Waals surface area contributed by atoms with Gasteiger partial charge in [0.05, 0.1) is 20.6 Å². The smallest absolute Gasteiger partial charge is 0.269 e. The van der Waals surface area contributed by atoms with Gasteiger partial charge < -0.3 is 15.1 Å². The highest BCUT2D eigenvalue weighted by Crippen LogP contribution is 2.35. The number of rotatable bonds is 4. The second-order valence-electron chi connectivity index (χ2n) is 8.07. The number of nitrogens with one attached hydrogen (secondary N) is 2. The van der Waals surface area contributed by atoms with Crippen molar-refractivity contribution < 1.29 is 9.59 Å². The van der Waals surface area contributed by atoms with Gasteiger partial charge in [0.1, 0.15) is 4.88 Å². The van der Waals surface area contributed by atoms with Crippen molar-refractivity contribution in [1.82, 2.24) is 10.2 Å². The quantitative estimate of drug-likeness (QED) is 0.278. The maximum Gasteiger partial charge on any atom is 0.269 e. The number of halogens is 2. The Bertz CT molecular complexity index is 1450. The highest BCUT2D eigenvalue weighted by atomic mass is 35.5. The van der Waals surface area contributed by atoms with Gasteiger partial charge in [0, 0.05) is 42.0 Å². The zero-order valence-corrected chi connectivity index (χ0v) is 22.8. The summed E-state index contributed by atoms with van der Waals surface area (Å²) in [6, 6.07) is 16.9. The lowest BCUT2D eigenvalue weighted by atomic mass is 10.2. The summed E-state index contributed by atoms with van der Waals surface area (Å²) < 4.78 is 0.936. The molecule has 36 heavy (non-hydrogen) atoms. The van der Waals surface area contributed by atoms with Crippen LogP contribution in [-0.2, 0) is 0 Å². The molecule has 1 fully saturated rings. The molecule has 11 heteroatoms. The van der Waals surface area contributed by atoms with Crippen LogP contribution < -0.4 is 15.5 Å². The van der Waals surface area contributed by atoms with E-state index in [0.29, 0.717) is 46.8 Å². The molecule has 4 aromatic rings. The van der Waals surface area contributed by atoms with Crippen LogP contribution in [0.3, 0.4) is 0 Å². The normalized spacial score (nSPS) is 13.6. The van der Waals surface area contributed by atoms with E-state index in [9.17, 15) is 9.59 Å². The summed E-state index contributed by atoms with van der Waals surface area (Å²) in [5, 5.41) is 9.57. The Kier molecular flexibility index (Phi) is 7.45. The van der Waals surface area contributed by atoms with Gasteiger partial charge in [-0.1, -0.05) is 47.5 Å². The maximum absolute atomic E-state index is 12.7. The van der Waals surface area contributed by atoms with Gasteiger partial charge in [-0.15, -0.1) is 22.7 Å². The minimum Gasteiger partial charge on any atom is -0.367 e. The molecule has 2 aromatic carbocycles. The molecular weight excluding hydrogens is 555 g/mol. The number of anilines is 2. The summed E-state index contributed by atoms with van der Waals surface area (Å²) in [4.78, 5) is 30.5. The molecule has 0 bridgehead atoms. The predicted octanol–water partition coefficient (Wildman–Crippen LogP) is 6.36. The standard InChI is InChI=1S/C25H20Cl2N4O2S3/c26-17-14-15(28-25(34)29-23(32)22-21(27)16-4-1-2-5-19(16)36-22)7-8-18(17)30-9-11-31(12-10-30)24(33)20-6-3-13-35-20/h1-8,13-14H,9-12H2,(H2,28,29,32,34). The number of piperazine rings is 1. The second kappa shape index (κ2) is 10.7. The average Bonchev–Trinajstić information content (AvgIpc) is 3.53. The van der Waals surface area contributed by atoms with Crippen molar-refractivity contribution >= 4 is 96.5 Å². The lowest BCUT2D eigenvalue weighted by Gasteiger charge is -2.36. The van der Waals surface area contributed by atoms with Gasteiger partial charge >= 0.3 is 0 Å². The largest absolute Gasteiger partial charge is 0.367 e. The first-order chi connectivity index (χ1) is 17.4. The van der Waals surface area contributed by atoms with Crippen molar-refractivity contribution in [2.24, 2.45) is 0 Å². The molecule has 0 aliphatic carbocycles. The van der Waals surface area contributed by atoms with E-state index in [1.165, 1.54) is 22.7 Å². The Morgan fingerprint density at radius 2 is 1.75 bits per heavy atom. The SMILES string of the molecule is O=C(NC(=S)Nc1ccc(N2CCN(C(=O)c3cccs3)CC2)c(Cl)c1)c1sc2ccccc2c1Cl. The Morgan fingerprint density at radius 1 is 0.972 bits per heavy atom. The van der Waals surface area contributed by atoms with E-state index < -0.39 is 0 Å². The molecule has 1 aliphatic heterocycles. The topological polar surface area (TPSA) is 64.7 Å². The van der Waals surface area contributed by atoms with E-state index in [1.54, 1.807) is 6.07 Å². The molecule has 1 aliphatic rings. The molecule has 2 aromatic heterocycles. The van der Waals surface area contributed by atoms with Crippen molar-refractivity contribution in [3.05, 3.63) is 79.8 Å². The molecule has 0 spiro atoms. The van der Waals surface area contributed by atoms with Gasteiger partial charge in [0.2, 0.25) is 0 Å². The van der Waals surface area contributed by atoms with Crippen molar-refractivity contribution in [1.29, 1.82) is 0 Å². The number of amides is 2. The van der Waals surface area contributed by atoms with Crippen molar-refractivity contribution in [3.8, 4) is 0 Å². The molecule has 0 unspecified atom stereocenters. The van der Waals surface area contributed by atoms with Crippen LogP contribution in [0, 0.1) is 0 Å². The Balaban J connectivity index is 1.19. The van der Waals surface area contributed by atoms with Crippen LogP contribution in [0.25, 0.3) is 10.1 Å². The summed E-state index contributed by atoms with van der Waals surface area (Å²) in [5.41, 5.74) is 1.54. The van der Waals surface area contributed by atoms with Crippen LogP contribution in [-0.4, -0.2) is 48.0 Å². The van der Waals surface area contributed by atoms with Gasteiger partial charge in [-0.3, -0.25) is 14.9 Å². The summed E-state index contributed by atoms with van der Waals surface area (Å²) in [6.45, 7) is 2.63. The number of carbonyl (C=O) groups excluding carboxylic acids is 2. The predicted molar refractivity (Wildman–Crippen MR) is 154 cm³/mol. The minimum absolute atomic E-state index is 0.0720. The molecule has 3 heterocycles. The van der Waals surface area contributed by atoms with Crippen LogP contribution >= 0.6 is 58.1 Å².